The Labute approximate surface area is 114 Å². The Morgan fingerprint density at radius 2 is 2.00 bits per heavy atom. The van der Waals surface area contributed by atoms with E-state index in [0.717, 1.165) is 0 Å². The zero-order valence-electron chi connectivity index (χ0n) is 10.2. The number of nitrogens with zero attached hydrogens (tertiary/aromatic N) is 1. The Morgan fingerprint density at radius 3 is 2.47 bits per heavy atom. The van der Waals surface area contributed by atoms with Gasteiger partial charge in [0.25, 0.3) is 0 Å². The minimum absolute atomic E-state index is 0. The lowest BCUT2D eigenvalue weighted by atomic mass is 9.97. The van der Waals surface area contributed by atoms with Gasteiger partial charge in [-0.05, 0) is 13.3 Å². The van der Waals surface area contributed by atoms with Gasteiger partial charge in [-0.2, -0.15) is 13.2 Å². The van der Waals surface area contributed by atoms with Crippen LogP contribution in [0.25, 0.3) is 0 Å². The van der Waals surface area contributed by atoms with E-state index in [1.54, 1.807) is 0 Å². The average Bonchev–Trinajstić information content (AvgIpc) is 2.28. The van der Waals surface area contributed by atoms with Crippen molar-refractivity contribution in [2.75, 3.05) is 0 Å². The Hall–Kier alpha value is -1.05. The molecule has 0 aromatic carbocycles. The van der Waals surface area contributed by atoms with Gasteiger partial charge in [0, 0.05) is 29.8 Å². The second-order valence-electron chi connectivity index (χ2n) is 4.05. The van der Waals surface area contributed by atoms with E-state index in [9.17, 15) is 18.3 Å². The molecule has 0 saturated carbocycles. The number of aromatic nitrogens is 1. The van der Waals surface area contributed by atoms with Gasteiger partial charge in [0.1, 0.15) is 5.75 Å². The first-order chi connectivity index (χ1) is 8.26. The van der Waals surface area contributed by atoms with Gasteiger partial charge in [-0.25, -0.2) is 0 Å². The predicted molar refractivity (Wildman–Crippen MR) is 66.0 cm³/mol. The smallest absolute Gasteiger partial charge is 0.389 e. The summed E-state index contributed by atoms with van der Waals surface area (Å²) in [5.74, 6) is -0.253. The molecule has 0 amide bonds. The number of nitrogens with two attached hydrogens (primary N) is 1. The normalized spacial score (nSPS) is 12.9. The minimum atomic E-state index is -4.30. The van der Waals surface area contributed by atoms with Gasteiger partial charge >= 0.3 is 6.18 Å². The highest BCUT2D eigenvalue weighted by Crippen LogP contribution is 2.33. The number of halogens is 4. The van der Waals surface area contributed by atoms with Crippen molar-refractivity contribution in [3.05, 3.63) is 23.0 Å². The molecular formula is C11H16ClF3N2O2. The minimum Gasteiger partial charge on any atom is -0.506 e. The van der Waals surface area contributed by atoms with Crippen LogP contribution in [0.4, 0.5) is 13.2 Å². The van der Waals surface area contributed by atoms with Crippen molar-refractivity contribution in [1.82, 2.24) is 4.98 Å². The van der Waals surface area contributed by atoms with Crippen LogP contribution in [-0.2, 0) is 6.61 Å². The quantitative estimate of drug-likeness (QED) is 0.797. The van der Waals surface area contributed by atoms with Crippen molar-refractivity contribution in [2.45, 2.75) is 38.6 Å². The molecule has 1 heterocycles. The molecule has 1 aromatic heterocycles. The van der Waals surface area contributed by atoms with Crippen molar-refractivity contribution >= 4 is 12.4 Å². The van der Waals surface area contributed by atoms with Crippen LogP contribution in [0.5, 0.6) is 5.75 Å². The van der Waals surface area contributed by atoms with E-state index >= 15 is 0 Å². The summed E-state index contributed by atoms with van der Waals surface area (Å²) in [5, 5.41) is 18.9. The van der Waals surface area contributed by atoms with Gasteiger partial charge in [-0.3, -0.25) is 4.98 Å². The molecule has 0 unspecified atom stereocenters. The summed E-state index contributed by atoms with van der Waals surface area (Å²) in [5.41, 5.74) is 6.29. The van der Waals surface area contributed by atoms with Crippen LogP contribution in [0.3, 0.4) is 0 Å². The number of hydrogen-bond acceptors (Lipinski definition) is 4. The predicted octanol–water partition coefficient (Wildman–Crippen LogP) is 2.35. The third-order valence-corrected chi connectivity index (χ3v) is 2.64. The van der Waals surface area contributed by atoms with E-state index in [4.69, 9.17) is 10.8 Å². The topological polar surface area (TPSA) is 79.4 Å². The molecule has 4 N–H and O–H groups in total. The Balaban J connectivity index is 0.00000324. The molecule has 0 aliphatic heterocycles. The first kappa shape index (κ1) is 17.9. The van der Waals surface area contributed by atoms with Gasteiger partial charge in [0.05, 0.1) is 12.3 Å². The van der Waals surface area contributed by atoms with Gasteiger partial charge < -0.3 is 15.9 Å². The van der Waals surface area contributed by atoms with E-state index in [1.807, 2.05) is 0 Å². The van der Waals surface area contributed by atoms with E-state index in [2.05, 4.69) is 4.98 Å². The number of aryl methyl sites for hydroxylation is 1. The SMILES string of the molecule is Cc1ncc(CO)c([C@H](N)CCC(F)(F)F)c1O.Cl. The van der Waals surface area contributed by atoms with Crippen LogP contribution < -0.4 is 5.73 Å². The van der Waals surface area contributed by atoms with Crippen LogP contribution in [-0.4, -0.2) is 21.4 Å². The lowest BCUT2D eigenvalue weighted by Gasteiger charge is -2.18. The first-order valence-electron chi connectivity index (χ1n) is 5.36. The van der Waals surface area contributed by atoms with Gasteiger partial charge in [0.15, 0.2) is 0 Å². The van der Waals surface area contributed by atoms with Crippen molar-refractivity contribution in [3.63, 3.8) is 0 Å². The number of aromatic hydroxyl groups is 1. The summed E-state index contributed by atoms with van der Waals surface area (Å²) < 4.78 is 36.3. The number of hydrogen-bond donors (Lipinski definition) is 3. The van der Waals surface area contributed by atoms with E-state index in [1.165, 1.54) is 13.1 Å². The maximum atomic E-state index is 12.1. The molecule has 4 nitrogen and oxygen atoms in total. The molecule has 0 saturated heterocycles. The molecule has 0 radical (unpaired) electrons. The Bertz CT molecular complexity index is 427. The second kappa shape index (κ2) is 6.93. The fraction of sp³-hybridized carbons (Fsp3) is 0.545. The summed E-state index contributed by atoms with van der Waals surface area (Å²) in [6.07, 6.45) is -4.39. The lowest BCUT2D eigenvalue weighted by molar-refractivity contribution is -0.136. The first-order valence-corrected chi connectivity index (χ1v) is 5.36. The van der Waals surface area contributed by atoms with Gasteiger partial charge in [0.2, 0.25) is 0 Å². The lowest BCUT2D eigenvalue weighted by Crippen LogP contribution is -2.18. The Morgan fingerprint density at radius 1 is 1.42 bits per heavy atom. The highest BCUT2D eigenvalue weighted by Gasteiger charge is 2.29. The average molecular weight is 301 g/mol. The highest BCUT2D eigenvalue weighted by molar-refractivity contribution is 5.85. The summed E-state index contributed by atoms with van der Waals surface area (Å²) in [6, 6.07) is -0.990. The zero-order valence-corrected chi connectivity index (χ0v) is 11.1. The largest absolute Gasteiger partial charge is 0.506 e. The van der Waals surface area contributed by atoms with Crippen LogP contribution in [0.1, 0.15) is 35.7 Å². The fourth-order valence-electron chi connectivity index (χ4n) is 1.66. The third-order valence-electron chi connectivity index (χ3n) is 2.64. The molecule has 1 aromatic rings. The second-order valence-corrected chi connectivity index (χ2v) is 4.05. The molecule has 1 rings (SSSR count). The van der Waals surface area contributed by atoms with Crippen molar-refractivity contribution < 1.29 is 23.4 Å². The molecule has 8 heteroatoms. The highest BCUT2D eigenvalue weighted by atomic mass is 35.5. The van der Waals surface area contributed by atoms with Crippen LogP contribution in [0.2, 0.25) is 0 Å². The van der Waals surface area contributed by atoms with Gasteiger partial charge in [-0.1, -0.05) is 0 Å². The monoisotopic (exact) mass is 300 g/mol. The molecule has 0 aliphatic carbocycles. The molecule has 0 fully saturated rings. The Kier molecular flexibility index (Phi) is 6.54. The zero-order chi connectivity index (χ0) is 13.9. The van der Waals surface area contributed by atoms with Crippen molar-refractivity contribution in [1.29, 1.82) is 0 Å². The number of aliphatic hydroxyl groups is 1. The summed E-state index contributed by atoms with van der Waals surface area (Å²) in [7, 11) is 0. The van der Waals surface area contributed by atoms with Crippen molar-refractivity contribution in [3.8, 4) is 5.75 Å². The fourth-order valence-corrected chi connectivity index (χ4v) is 1.66. The van der Waals surface area contributed by atoms with E-state index < -0.39 is 25.2 Å². The number of rotatable bonds is 4. The standard InChI is InChI=1S/C11H15F3N2O2.ClH/c1-6-10(18)9(7(5-17)4-16-6)8(15)2-3-11(12,13)14;/h4,8,17-18H,2-3,5,15H2,1H3;1H/t8-;/m1./s1. The number of alkyl halides is 3. The summed E-state index contributed by atoms with van der Waals surface area (Å²) in [4.78, 5) is 3.81. The summed E-state index contributed by atoms with van der Waals surface area (Å²) >= 11 is 0. The summed E-state index contributed by atoms with van der Waals surface area (Å²) in [6.45, 7) is 1.08. The van der Waals surface area contributed by atoms with E-state index in [-0.39, 0.29) is 41.4 Å². The van der Waals surface area contributed by atoms with E-state index in [0.29, 0.717) is 0 Å². The van der Waals surface area contributed by atoms with Crippen LogP contribution >= 0.6 is 12.4 Å². The third kappa shape index (κ3) is 4.85. The van der Waals surface area contributed by atoms with Crippen molar-refractivity contribution in [2.24, 2.45) is 5.73 Å². The molecule has 1 atom stereocenters. The van der Waals surface area contributed by atoms with Crippen LogP contribution in [0.15, 0.2) is 6.20 Å². The molecular weight excluding hydrogens is 285 g/mol. The molecule has 0 bridgehead atoms. The molecule has 0 spiro atoms. The van der Waals surface area contributed by atoms with Gasteiger partial charge in [-0.15, -0.1) is 12.4 Å². The van der Waals surface area contributed by atoms with Crippen LogP contribution in [0, 0.1) is 6.92 Å². The maximum absolute atomic E-state index is 12.1. The molecule has 110 valence electrons. The number of pyridine rings is 1. The molecule has 19 heavy (non-hydrogen) atoms. The molecule has 0 aliphatic rings. The number of aliphatic hydroxyl groups excluding tert-OH is 1. The maximum Gasteiger partial charge on any atom is 0.389 e.